The van der Waals surface area contributed by atoms with Crippen molar-refractivity contribution in [3.8, 4) is 0 Å². The number of carbonyl (C=O) groups is 1. The molecule has 0 aliphatic rings. The van der Waals surface area contributed by atoms with Crippen LogP contribution in [-0.2, 0) is 6.42 Å². The first-order valence-electron chi connectivity index (χ1n) is 5.60. The molecule has 0 bridgehead atoms. The predicted octanol–water partition coefficient (Wildman–Crippen LogP) is 2.52. The monoisotopic (exact) mass is 257 g/mol. The number of fused-ring (bicyclic) bond motifs is 1. The van der Waals surface area contributed by atoms with Gasteiger partial charge in [-0.25, -0.2) is 9.50 Å². The Labute approximate surface area is 108 Å². The van der Waals surface area contributed by atoms with Gasteiger partial charge in [-0.05, 0) is 19.1 Å². The molecule has 0 radical (unpaired) electrons. The zero-order valence-electron chi connectivity index (χ0n) is 9.83. The highest BCUT2D eigenvalue weighted by atomic mass is 32.1. The van der Waals surface area contributed by atoms with Crippen LogP contribution in [0, 0.1) is 6.92 Å². The highest BCUT2D eigenvalue weighted by Crippen LogP contribution is 2.15. The van der Waals surface area contributed by atoms with E-state index >= 15 is 0 Å². The van der Waals surface area contributed by atoms with Gasteiger partial charge < -0.3 is 0 Å². The molecule has 5 heteroatoms. The number of rotatable bonds is 3. The van der Waals surface area contributed by atoms with Crippen molar-refractivity contribution >= 4 is 22.6 Å². The van der Waals surface area contributed by atoms with Gasteiger partial charge in [-0.3, -0.25) is 4.79 Å². The molecule has 18 heavy (non-hydrogen) atoms. The summed E-state index contributed by atoms with van der Waals surface area (Å²) in [5.74, 6) is 0.0569. The lowest BCUT2D eigenvalue weighted by Gasteiger charge is -1.96. The molecule has 0 aliphatic carbocycles. The van der Waals surface area contributed by atoms with Crippen LogP contribution in [0.4, 0.5) is 0 Å². The Balaban J connectivity index is 1.92. The van der Waals surface area contributed by atoms with E-state index < -0.39 is 0 Å². The SMILES string of the molecule is Cc1nc(CC(=O)c2cnn3ccccc23)cs1. The number of thiazole rings is 1. The predicted molar refractivity (Wildman–Crippen MR) is 70.1 cm³/mol. The first-order chi connectivity index (χ1) is 8.74. The van der Waals surface area contributed by atoms with E-state index in [9.17, 15) is 4.79 Å². The number of hydrogen-bond donors (Lipinski definition) is 0. The summed E-state index contributed by atoms with van der Waals surface area (Å²) in [6.45, 7) is 1.94. The van der Waals surface area contributed by atoms with E-state index in [2.05, 4.69) is 10.1 Å². The van der Waals surface area contributed by atoms with E-state index in [1.807, 2.05) is 36.7 Å². The smallest absolute Gasteiger partial charge is 0.172 e. The molecule has 0 N–H and O–H groups in total. The van der Waals surface area contributed by atoms with Crippen molar-refractivity contribution < 1.29 is 4.79 Å². The number of carbonyl (C=O) groups excluding carboxylic acids is 1. The summed E-state index contributed by atoms with van der Waals surface area (Å²) in [5.41, 5.74) is 2.33. The van der Waals surface area contributed by atoms with Crippen molar-refractivity contribution in [1.29, 1.82) is 0 Å². The summed E-state index contributed by atoms with van der Waals surface area (Å²) in [7, 11) is 0. The van der Waals surface area contributed by atoms with Crippen LogP contribution in [0.25, 0.3) is 5.52 Å². The van der Waals surface area contributed by atoms with Crippen LogP contribution in [0.5, 0.6) is 0 Å². The third-order valence-corrected chi connectivity index (χ3v) is 3.56. The molecule has 3 heterocycles. The van der Waals surface area contributed by atoms with Crippen LogP contribution in [-0.4, -0.2) is 20.4 Å². The first kappa shape index (κ1) is 11.1. The second-order valence-electron chi connectivity index (χ2n) is 4.05. The minimum atomic E-state index is 0.0569. The number of nitrogens with zero attached hydrogens (tertiary/aromatic N) is 3. The van der Waals surface area contributed by atoms with Crippen LogP contribution in [0.3, 0.4) is 0 Å². The minimum absolute atomic E-state index is 0.0569. The molecule has 0 fully saturated rings. The molecule has 0 amide bonds. The van der Waals surface area contributed by atoms with Gasteiger partial charge >= 0.3 is 0 Å². The van der Waals surface area contributed by atoms with Gasteiger partial charge in [0.15, 0.2) is 5.78 Å². The molecule has 0 aromatic carbocycles. The Kier molecular flexibility index (Phi) is 2.68. The van der Waals surface area contributed by atoms with Gasteiger partial charge in [0.1, 0.15) is 0 Å². The molecule has 0 unspecified atom stereocenters. The van der Waals surface area contributed by atoms with Crippen molar-refractivity contribution in [2.45, 2.75) is 13.3 Å². The highest BCUT2D eigenvalue weighted by Gasteiger charge is 2.14. The molecule has 4 nitrogen and oxygen atoms in total. The molecular weight excluding hydrogens is 246 g/mol. The third-order valence-electron chi connectivity index (χ3n) is 2.74. The van der Waals surface area contributed by atoms with Gasteiger partial charge in [-0.15, -0.1) is 11.3 Å². The second-order valence-corrected chi connectivity index (χ2v) is 5.11. The van der Waals surface area contributed by atoms with E-state index in [1.165, 1.54) is 0 Å². The first-order valence-corrected chi connectivity index (χ1v) is 6.48. The van der Waals surface area contributed by atoms with Crippen molar-refractivity contribution in [2.75, 3.05) is 0 Å². The van der Waals surface area contributed by atoms with E-state index in [-0.39, 0.29) is 5.78 Å². The number of pyridine rings is 1. The maximum atomic E-state index is 12.2. The Morgan fingerprint density at radius 1 is 1.44 bits per heavy atom. The molecule has 0 saturated heterocycles. The fraction of sp³-hybridized carbons (Fsp3) is 0.154. The largest absolute Gasteiger partial charge is 0.294 e. The van der Waals surface area contributed by atoms with Crippen LogP contribution in [0.2, 0.25) is 0 Å². The maximum Gasteiger partial charge on any atom is 0.172 e. The van der Waals surface area contributed by atoms with Crippen LogP contribution >= 0.6 is 11.3 Å². The van der Waals surface area contributed by atoms with E-state index in [4.69, 9.17) is 0 Å². The van der Waals surface area contributed by atoms with E-state index in [0.717, 1.165) is 16.2 Å². The molecule has 0 spiro atoms. The minimum Gasteiger partial charge on any atom is -0.294 e. The second kappa shape index (κ2) is 4.34. The molecule has 3 aromatic heterocycles. The normalized spacial score (nSPS) is 10.9. The summed E-state index contributed by atoms with van der Waals surface area (Å²) in [4.78, 5) is 16.5. The summed E-state index contributed by atoms with van der Waals surface area (Å²) in [6.07, 6.45) is 3.79. The van der Waals surface area contributed by atoms with Crippen LogP contribution < -0.4 is 0 Å². The Bertz CT molecular complexity index is 714. The lowest BCUT2D eigenvalue weighted by molar-refractivity contribution is 0.0993. The van der Waals surface area contributed by atoms with Crippen molar-refractivity contribution in [3.63, 3.8) is 0 Å². The number of aromatic nitrogens is 3. The molecule has 3 aromatic rings. The average Bonchev–Trinajstić information content (AvgIpc) is 2.95. The van der Waals surface area contributed by atoms with Gasteiger partial charge in [0, 0.05) is 11.6 Å². The lowest BCUT2D eigenvalue weighted by atomic mass is 10.1. The quantitative estimate of drug-likeness (QED) is 0.677. The number of hydrogen-bond acceptors (Lipinski definition) is 4. The zero-order chi connectivity index (χ0) is 12.5. The Morgan fingerprint density at radius 2 is 2.33 bits per heavy atom. The number of aryl methyl sites for hydroxylation is 1. The lowest BCUT2D eigenvalue weighted by Crippen LogP contribution is -2.03. The standard InChI is InChI=1S/C13H11N3OS/c1-9-15-10(8-18-9)6-13(17)11-7-14-16-5-3-2-4-12(11)16/h2-5,7-8H,6H2,1H3. The van der Waals surface area contributed by atoms with Crippen molar-refractivity contribution in [1.82, 2.24) is 14.6 Å². The summed E-state index contributed by atoms with van der Waals surface area (Å²) < 4.78 is 1.71. The highest BCUT2D eigenvalue weighted by molar-refractivity contribution is 7.09. The van der Waals surface area contributed by atoms with E-state index in [0.29, 0.717) is 12.0 Å². The molecular formula is C13H11N3OS. The Hall–Kier alpha value is -2.01. The van der Waals surface area contributed by atoms with Gasteiger partial charge in [0.25, 0.3) is 0 Å². The topological polar surface area (TPSA) is 47.3 Å². The van der Waals surface area contributed by atoms with E-state index in [1.54, 1.807) is 22.0 Å². The van der Waals surface area contributed by atoms with Gasteiger partial charge in [-0.2, -0.15) is 5.10 Å². The fourth-order valence-electron chi connectivity index (χ4n) is 1.90. The molecule has 0 aliphatic heterocycles. The Morgan fingerprint density at radius 3 is 3.11 bits per heavy atom. The van der Waals surface area contributed by atoms with Crippen molar-refractivity contribution in [2.24, 2.45) is 0 Å². The van der Waals surface area contributed by atoms with Gasteiger partial charge in [-0.1, -0.05) is 6.07 Å². The molecule has 3 rings (SSSR count). The molecule has 90 valence electrons. The fourth-order valence-corrected chi connectivity index (χ4v) is 2.51. The summed E-state index contributed by atoms with van der Waals surface area (Å²) >= 11 is 1.56. The van der Waals surface area contributed by atoms with Crippen LogP contribution in [0.15, 0.2) is 36.0 Å². The molecule has 0 saturated carbocycles. The van der Waals surface area contributed by atoms with Crippen molar-refractivity contribution in [3.05, 3.63) is 52.2 Å². The van der Waals surface area contributed by atoms with Gasteiger partial charge in [0.2, 0.25) is 0 Å². The third kappa shape index (κ3) is 1.93. The molecule has 0 atom stereocenters. The van der Waals surface area contributed by atoms with Gasteiger partial charge in [0.05, 0.1) is 34.4 Å². The summed E-state index contributed by atoms with van der Waals surface area (Å²) in [6, 6.07) is 5.69. The summed E-state index contributed by atoms with van der Waals surface area (Å²) in [5, 5.41) is 7.08. The number of ketones is 1. The number of Topliss-reactive ketones (excluding diaryl/α,β-unsaturated/α-hetero) is 1. The zero-order valence-corrected chi connectivity index (χ0v) is 10.6. The van der Waals surface area contributed by atoms with Crippen LogP contribution in [0.1, 0.15) is 21.1 Å². The maximum absolute atomic E-state index is 12.2. The average molecular weight is 257 g/mol.